The number of rotatable bonds is 5. The minimum atomic E-state index is -0.189. The summed E-state index contributed by atoms with van der Waals surface area (Å²) in [6, 6.07) is 3.93. The molecule has 3 aromatic heterocycles. The van der Waals surface area contributed by atoms with E-state index in [4.69, 9.17) is 0 Å². The van der Waals surface area contributed by atoms with Gasteiger partial charge < -0.3 is 10.2 Å². The molecule has 4 rings (SSSR count). The number of nitrogens with zero attached hydrogens (tertiary/aromatic N) is 4. The van der Waals surface area contributed by atoms with Crippen LogP contribution in [0.15, 0.2) is 34.0 Å². The van der Waals surface area contributed by atoms with Crippen LogP contribution in [0.25, 0.3) is 20.7 Å². The van der Waals surface area contributed by atoms with Crippen molar-refractivity contribution < 1.29 is 9.59 Å². The number of piperazine rings is 1. The van der Waals surface area contributed by atoms with Crippen LogP contribution in [0.4, 0.5) is 0 Å². The zero-order chi connectivity index (χ0) is 20.4. The van der Waals surface area contributed by atoms with Gasteiger partial charge in [-0.25, -0.2) is 4.98 Å². The number of hydrogen-bond donors (Lipinski definition) is 1. The molecule has 1 saturated heterocycles. The lowest BCUT2D eigenvalue weighted by Crippen LogP contribution is -2.51. The summed E-state index contributed by atoms with van der Waals surface area (Å²) in [5.74, 6) is -0.145. The standard InChI is InChI=1S/C19H21N5O3S2/c1-20-15(25)9-22-4-6-23(7-5-22)16(26)10-24-12-21-18-17(19(24)27)13(11-29-18)14-3-2-8-28-14/h2-3,8,11-12H,4-7,9-10H2,1H3,(H,20,25). The SMILES string of the molecule is CNC(=O)CN1CCN(C(=O)Cn2cnc3scc(-c4cccs4)c3c2=O)CC1. The van der Waals surface area contributed by atoms with E-state index in [1.807, 2.05) is 27.8 Å². The van der Waals surface area contributed by atoms with Crippen LogP contribution in [0.1, 0.15) is 0 Å². The molecule has 1 aliphatic heterocycles. The molecule has 0 radical (unpaired) electrons. The van der Waals surface area contributed by atoms with E-state index in [1.54, 1.807) is 23.3 Å². The molecule has 152 valence electrons. The third-order valence-corrected chi connectivity index (χ3v) is 6.81. The Morgan fingerprint density at radius 1 is 1.17 bits per heavy atom. The maximum Gasteiger partial charge on any atom is 0.263 e. The van der Waals surface area contributed by atoms with Gasteiger partial charge in [0.1, 0.15) is 11.4 Å². The molecule has 29 heavy (non-hydrogen) atoms. The van der Waals surface area contributed by atoms with Crippen molar-refractivity contribution in [3.63, 3.8) is 0 Å². The van der Waals surface area contributed by atoms with E-state index in [0.717, 1.165) is 10.4 Å². The minimum Gasteiger partial charge on any atom is -0.358 e. The van der Waals surface area contributed by atoms with E-state index in [1.165, 1.54) is 22.2 Å². The van der Waals surface area contributed by atoms with Crippen molar-refractivity contribution in [3.8, 4) is 10.4 Å². The zero-order valence-corrected chi connectivity index (χ0v) is 17.6. The number of carbonyl (C=O) groups excluding carboxylic acids is 2. The fourth-order valence-electron chi connectivity index (χ4n) is 3.38. The first-order valence-electron chi connectivity index (χ1n) is 9.28. The number of amides is 2. The molecule has 8 nitrogen and oxygen atoms in total. The predicted octanol–water partition coefficient (Wildman–Crippen LogP) is 1.08. The summed E-state index contributed by atoms with van der Waals surface area (Å²) in [4.78, 5) is 47.1. The van der Waals surface area contributed by atoms with Crippen LogP contribution in [-0.4, -0.2) is 70.9 Å². The Bertz CT molecular complexity index is 1080. The van der Waals surface area contributed by atoms with E-state index >= 15 is 0 Å². The first-order chi connectivity index (χ1) is 14.1. The number of fused-ring (bicyclic) bond motifs is 1. The van der Waals surface area contributed by atoms with Crippen molar-refractivity contribution in [2.24, 2.45) is 0 Å². The summed E-state index contributed by atoms with van der Waals surface area (Å²) in [7, 11) is 1.61. The molecule has 0 unspecified atom stereocenters. The van der Waals surface area contributed by atoms with Crippen LogP contribution < -0.4 is 10.9 Å². The summed E-state index contributed by atoms with van der Waals surface area (Å²) >= 11 is 3.01. The molecule has 0 saturated carbocycles. The smallest absolute Gasteiger partial charge is 0.263 e. The Hall–Kier alpha value is -2.56. The molecule has 2 amide bonds. The average Bonchev–Trinajstić information content (AvgIpc) is 3.40. The second-order valence-electron chi connectivity index (χ2n) is 6.81. The normalized spacial score (nSPS) is 15.0. The number of thiophene rings is 2. The summed E-state index contributed by atoms with van der Waals surface area (Å²) in [5, 5.41) is 7.10. The number of nitrogens with one attached hydrogen (secondary N) is 1. The zero-order valence-electron chi connectivity index (χ0n) is 16.0. The van der Waals surface area contributed by atoms with Crippen molar-refractivity contribution >= 4 is 44.7 Å². The second kappa shape index (κ2) is 8.44. The van der Waals surface area contributed by atoms with Gasteiger partial charge >= 0.3 is 0 Å². The topological polar surface area (TPSA) is 87.5 Å². The van der Waals surface area contributed by atoms with Crippen LogP contribution in [0.2, 0.25) is 0 Å². The van der Waals surface area contributed by atoms with E-state index < -0.39 is 0 Å². The number of carbonyl (C=O) groups is 2. The molecule has 0 spiro atoms. The Morgan fingerprint density at radius 3 is 2.66 bits per heavy atom. The molecule has 0 aliphatic carbocycles. The van der Waals surface area contributed by atoms with E-state index in [2.05, 4.69) is 10.3 Å². The number of hydrogen-bond acceptors (Lipinski definition) is 7. The molecule has 1 aliphatic rings. The molecule has 1 fully saturated rings. The summed E-state index contributed by atoms with van der Waals surface area (Å²) in [5.41, 5.74) is 0.688. The highest BCUT2D eigenvalue weighted by atomic mass is 32.1. The lowest BCUT2D eigenvalue weighted by atomic mass is 10.2. The fraction of sp³-hybridized carbons (Fsp3) is 0.368. The van der Waals surface area contributed by atoms with Crippen molar-refractivity contribution in [1.82, 2.24) is 24.7 Å². The van der Waals surface area contributed by atoms with Gasteiger partial charge in [0, 0.05) is 49.0 Å². The van der Waals surface area contributed by atoms with Gasteiger partial charge in [-0.3, -0.25) is 23.9 Å². The maximum atomic E-state index is 13.0. The highest BCUT2D eigenvalue weighted by molar-refractivity contribution is 7.18. The highest BCUT2D eigenvalue weighted by Gasteiger charge is 2.23. The molecule has 4 heterocycles. The van der Waals surface area contributed by atoms with E-state index in [9.17, 15) is 14.4 Å². The van der Waals surface area contributed by atoms with Crippen molar-refractivity contribution in [2.45, 2.75) is 6.54 Å². The van der Waals surface area contributed by atoms with Gasteiger partial charge in [0.15, 0.2) is 0 Å². The second-order valence-corrected chi connectivity index (χ2v) is 8.62. The van der Waals surface area contributed by atoms with Crippen LogP contribution in [-0.2, 0) is 16.1 Å². The first-order valence-corrected chi connectivity index (χ1v) is 11.0. The fourth-order valence-corrected chi connectivity index (χ4v) is 5.10. The van der Waals surface area contributed by atoms with Gasteiger partial charge in [-0.2, -0.15) is 0 Å². The Balaban J connectivity index is 1.48. The first kappa shape index (κ1) is 19.7. The quantitative estimate of drug-likeness (QED) is 0.653. The minimum absolute atomic E-state index is 0.0308. The summed E-state index contributed by atoms with van der Waals surface area (Å²) < 4.78 is 1.39. The molecular formula is C19H21N5O3S2. The van der Waals surface area contributed by atoms with Gasteiger partial charge in [0.05, 0.1) is 18.3 Å². The highest BCUT2D eigenvalue weighted by Crippen LogP contribution is 2.33. The number of likely N-dealkylation sites (N-methyl/N-ethyl adjacent to an activating group) is 1. The van der Waals surface area contributed by atoms with Crippen LogP contribution in [0.5, 0.6) is 0 Å². The third kappa shape index (κ3) is 4.09. The van der Waals surface area contributed by atoms with Crippen LogP contribution in [0, 0.1) is 0 Å². The molecule has 0 bridgehead atoms. The lowest BCUT2D eigenvalue weighted by Gasteiger charge is -2.34. The average molecular weight is 432 g/mol. The van der Waals surface area contributed by atoms with Crippen molar-refractivity contribution in [1.29, 1.82) is 0 Å². The van der Waals surface area contributed by atoms with Crippen molar-refractivity contribution in [2.75, 3.05) is 39.8 Å². The molecule has 0 atom stereocenters. The molecule has 1 N–H and O–H groups in total. The summed E-state index contributed by atoms with van der Waals surface area (Å²) in [6.45, 7) is 2.66. The Kier molecular flexibility index (Phi) is 5.74. The third-order valence-electron chi connectivity index (χ3n) is 5.02. The number of aromatic nitrogens is 2. The largest absolute Gasteiger partial charge is 0.358 e. The molecular weight excluding hydrogens is 410 g/mol. The molecule has 10 heteroatoms. The van der Waals surface area contributed by atoms with Gasteiger partial charge in [0.2, 0.25) is 11.8 Å². The monoisotopic (exact) mass is 431 g/mol. The Labute approximate surface area is 175 Å². The lowest BCUT2D eigenvalue weighted by molar-refractivity contribution is -0.133. The Morgan fingerprint density at radius 2 is 1.97 bits per heavy atom. The van der Waals surface area contributed by atoms with Crippen molar-refractivity contribution in [3.05, 3.63) is 39.6 Å². The van der Waals surface area contributed by atoms with Crippen LogP contribution in [0.3, 0.4) is 0 Å². The van der Waals surface area contributed by atoms with Crippen LogP contribution >= 0.6 is 22.7 Å². The van der Waals surface area contributed by atoms with E-state index in [0.29, 0.717) is 42.9 Å². The van der Waals surface area contributed by atoms with Gasteiger partial charge in [-0.15, -0.1) is 22.7 Å². The van der Waals surface area contributed by atoms with Gasteiger partial charge in [-0.1, -0.05) is 6.07 Å². The molecule has 3 aromatic rings. The van der Waals surface area contributed by atoms with Gasteiger partial charge in [0.25, 0.3) is 5.56 Å². The molecule has 0 aromatic carbocycles. The predicted molar refractivity (Wildman–Crippen MR) is 114 cm³/mol. The van der Waals surface area contributed by atoms with E-state index in [-0.39, 0.29) is 23.9 Å². The summed E-state index contributed by atoms with van der Waals surface area (Å²) in [6.07, 6.45) is 1.46. The maximum absolute atomic E-state index is 13.0. The van der Waals surface area contributed by atoms with Gasteiger partial charge in [-0.05, 0) is 11.4 Å².